The summed E-state index contributed by atoms with van der Waals surface area (Å²) in [5.41, 5.74) is 6.30. The van der Waals surface area contributed by atoms with Gasteiger partial charge in [0.25, 0.3) is 0 Å². The summed E-state index contributed by atoms with van der Waals surface area (Å²) < 4.78 is 2.43. The van der Waals surface area contributed by atoms with Gasteiger partial charge in [-0.1, -0.05) is 107 Å². The minimum absolute atomic E-state index is 0.140. The molecule has 0 N–H and O–H groups in total. The van der Waals surface area contributed by atoms with Gasteiger partial charge in [0.15, 0.2) is 12.6 Å². The summed E-state index contributed by atoms with van der Waals surface area (Å²) in [5, 5.41) is 0.201. The van der Waals surface area contributed by atoms with Gasteiger partial charge in [-0.2, -0.15) is 0 Å². The number of allylic oxidation sites excluding steroid dienone is 2. The minimum atomic E-state index is -0.414. The highest BCUT2D eigenvalue weighted by Gasteiger charge is 2.58. The Hall–Kier alpha value is -2.47. The molecule has 6 rings (SSSR count). The molecule has 2 aliphatic rings. The molecule has 4 aromatic rings. The number of aldehydes is 2. The number of hydrogen-bond acceptors (Lipinski definition) is 5. The molecule has 42 heavy (non-hydrogen) atoms. The van der Waals surface area contributed by atoms with Crippen molar-refractivity contribution in [3.05, 3.63) is 103 Å². The normalized spacial score (nSPS) is 18.7. The molecule has 5 heteroatoms. The Balaban J connectivity index is 1.49. The van der Waals surface area contributed by atoms with E-state index in [-0.39, 0.29) is 11.2 Å². The van der Waals surface area contributed by atoms with Crippen molar-refractivity contribution in [2.45, 2.75) is 88.7 Å². The highest BCUT2D eigenvalue weighted by Crippen LogP contribution is 2.69. The van der Waals surface area contributed by atoms with Gasteiger partial charge >= 0.3 is 0 Å². The molecule has 2 aromatic heterocycles. The van der Waals surface area contributed by atoms with Crippen LogP contribution in [0.5, 0.6) is 0 Å². The zero-order chi connectivity index (χ0) is 29.1. The van der Waals surface area contributed by atoms with Crippen LogP contribution in [0.3, 0.4) is 0 Å². The average molecular weight is 613 g/mol. The number of fused-ring (bicyclic) bond motifs is 5. The molecule has 2 unspecified atom stereocenters. The molecule has 0 bridgehead atoms. The fraction of sp³-hybridized carbons (Fsp3) is 0.405. The molecule has 218 valence electrons. The predicted molar refractivity (Wildman–Crippen MR) is 182 cm³/mol. The average Bonchev–Trinajstić information content (AvgIpc) is 3.76. The third-order valence-corrected chi connectivity index (χ3v) is 13.0. The maximum Gasteiger partial charge on any atom is 0.160 e. The quantitative estimate of drug-likeness (QED) is 0.105. The number of carbonyl (C=O) groups is 2. The second kappa shape index (κ2) is 13.0. The molecule has 0 radical (unpaired) electrons. The summed E-state index contributed by atoms with van der Waals surface area (Å²) in [4.78, 5) is 26.9. The van der Waals surface area contributed by atoms with Crippen LogP contribution in [0.4, 0.5) is 0 Å². The molecule has 0 saturated heterocycles. The van der Waals surface area contributed by atoms with Crippen molar-refractivity contribution in [2.24, 2.45) is 5.92 Å². The van der Waals surface area contributed by atoms with E-state index in [1.165, 1.54) is 93.5 Å². The van der Waals surface area contributed by atoms with Gasteiger partial charge < -0.3 is 0 Å². The molecular formula is C37H40O2S3. The van der Waals surface area contributed by atoms with E-state index in [2.05, 4.69) is 74.5 Å². The maximum absolute atomic E-state index is 12.1. The molecule has 1 aliphatic heterocycles. The Morgan fingerprint density at radius 2 is 1.33 bits per heavy atom. The van der Waals surface area contributed by atoms with E-state index in [0.717, 1.165) is 35.2 Å². The van der Waals surface area contributed by atoms with Gasteiger partial charge in [-0.15, -0.1) is 34.4 Å². The number of unbranched alkanes of at least 4 members (excludes halogenated alkanes) is 6. The summed E-state index contributed by atoms with van der Waals surface area (Å²) in [6.45, 7) is 4.52. The number of thioether (sulfide) groups is 1. The monoisotopic (exact) mass is 612 g/mol. The van der Waals surface area contributed by atoms with Crippen molar-refractivity contribution in [3.63, 3.8) is 0 Å². The second-order valence-corrected chi connectivity index (χ2v) is 15.3. The Labute approximate surface area is 262 Å². The Kier molecular flexibility index (Phi) is 9.18. The van der Waals surface area contributed by atoms with Crippen molar-refractivity contribution < 1.29 is 9.59 Å². The topological polar surface area (TPSA) is 34.1 Å². The van der Waals surface area contributed by atoms with Crippen LogP contribution in [0.25, 0.3) is 9.40 Å². The van der Waals surface area contributed by atoms with Gasteiger partial charge in [-0.25, -0.2) is 0 Å². The van der Waals surface area contributed by atoms with E-state index in [1.54, 1.807) is 23.1 Å². The molecule has 0 spiro atoms. The lowest BCUT2D eigenvalue weighted by molar-refractivity contribution is -0.104. The summed E-state index contributed by atoms with van der Waals surface area (Å²) in [5.74, 6) is 0.140. The fourth-order valence-corrected chi connectivity index (χ4v) is 11.2. The van der Waals surface area contributed by atoms with E-state index < -0.39 is 5.41 Å². The molecule has 0 saturated carbocycles. The van der Waals surface area contributed by atoms with Crippen molar-refractivity contribution >= 4 is 56.4 Å². The number of thiophene rings is 2. The molecule has 1 aliphatic carbocycles. The highest BCUT2D eigenvalue weighted by molar-refractivity contribution is 8.04. The van der Waals surface area contributed by atoms with Crippen LogP contribution in [0, 0.1) is 5.92 Å². The first kappa shape index (κ1) is 29.6. The fourth-order valence-electron chi connectivity index (χ4n) is 7.10. The second-order valence-electron chi connectivity index (χ2n) is 11.9. The Morgan fingerprint density at radius 1 is 0.738 bits per heavy atom. The first-order valence-corrected chi connectivity index (χ1v) is 18.2. The SMILES string of the molecule is CCCCCCc1ccc(C2(c3ccc(CCCCCC)cc3)c3c(sc4cc(C=O)sc34)C3SC(C=O)=CC32)cc1. The highest BCUT2D eigenvalue weighted by atomic mass is 32.2. The maximum atomic E-state index is 12.1. The van der Waals surface area contributed by atoms with Gasteiger partial charge in [0.2, 0.25) is 0 Å². The van der Waals surface area contributed by atoms with Gasteiger partial charge in [0.1, 0.15) is 0 Å². The number of rotatable bonds is 14. The van der Waals surface area contributed by atoms with Gasteiger partial charge in [0.05, 0.1) is 20.2 Å². The smallest absolute Gasteiger partial charge is 0.160 e. The third-order valence-electron chi connectivity index (χ3n) is 9.19. The predicted octanol–water partition coefficient (Wildman–Crippen LogP) is 10.9. The van der Waals surface area contributed by atoms with Crippen LogP contribution < -0.4 is 0 Å². The molecule has 0 fully saturated rings. The standard InChI is InChI=1S/C37H40O2S3/c1-3-5-7-9-11-25-13-17-27(18-14-25)37(28-19-15-26(16-20-28)12-10-8-6-4-2)31-21-29(23-38)40-34(31)36-33(37)35-32(42-36)22-30(24-39)41-35/h13-24,31,34H,3-12H2,1-2H3. The van der Waals surface area contributed by atoms with Crippen molar-refractivity contribution in [3.8, 4) is 0 Å². The number of carbonyl (C=O) groups excluding carboxylic acids is 2. The third kappa shape index (κ3) is 5.27. The van der Waals surface area contributed by atoms with Crippen molar-refractivity contribution in [2.75, 3.05) is 0 Å². The zero-order valence-corrected chi connectivity index (χ0v) is 27.1. The van der Waals surface area contributed by atoms with Crippen LogP contribution in [0.1, 0.15) is 113 Å². The molecule has 2 nitrogen and oxygen atoms in total. The van der Waals surface area contributed by atoms with Crippen molar-refractivity contribution in [1.29, 1.82) is 0 Å². The number of hydrogen-bond donors (Lipinski definition) is 0. The summed E-state index contributed by atoms with van der Waals surface area (Å²) in [6.07, 6.45) is 16.6. The van der Waals surface area contributed by atoms with Crippen LogP contribution in [-0.2, 0) is 23.1 Å². The summed E-state index contributed by atoms with van der Waals surface area (Å²) in [7, 11) is 0. The lowest BCUT2D eigenvalue weighted by Crippen LogP contribution is -2.33. The molecule has 3 heterocycles. The Bertz CT molecular complexity index is 1520. The van der Waals surface area contributed by atoms with E-state index in [0.29, 0.717) is 0 Å². The van der Waals surface area contributed by atoms with Crippen LogP contribution >= 0.6 is 34.4 Å². The largest absolute Gasteiger partial charge is 0.297 e. The first-order chi connectivity index (χ1) is 20.6. The van der Waals surface area contributed by atoms with Gasteiger partial charge in [0, 0.05) is 26.0 Å². The van der Waals surface area contributed by atoms with Crippen LogP contribution in [-0.4, -0.2) is 12.6 Å². The first-order valence-electron chi connectivity index (χ1n) is 15.7. The molecule has 0 amide bonds. The lowest BCUT2D eigenvalue weighted by atomic mass is 9.65. The Morgan fingerprint density at radius 3 is 1.86 bits per heavy atom. The van der Waals surface area contributed by atoms with Crippen LogP contribution in [0.15, 0.2) is 65.6 Å². The van der Waals surface area contributed by atoms with E-state index >= 15 is 0 Å². The molecule has 2 atom stereocenters. The van der Waals surface area contributed by atoms with E-state index in [1.807, 2.05) is 11.3 Å². The number of aryl methyl sites for hydroxylation is 2. The lowest BCUT2D eigenvalue weighted by Gasteiger charge is -2.37. The van der Waals surface area contributed by atoms with Crippen molar-refractivity contribution in [1.82, 2.24) is 0 Å². The van der Waals surface area contributed by atoms with Crippen LogP contribution in [0.2, 0.25) is 0 Å². The zero-order valence-electron chi connectivity index (χ0n) is 24.7. The summed E-state index contributed by atoms with van der Waals surface area (Å²) in [6, 6.07) is 20.8. The molecular weight excluding hydrogens is 573 g/mol. The number of benzene rings is 2. The van der Waals surface area contributed by atoms with Gasteiger partial charge in [-0.3, -0.25) is 9.59 Å². The van der Waals surface area contributed by atoms with E-state index in [9.17, 15) is 9.59 Å². The minimum Gasteiger partial charge on any atom is -0.297 e. The molecule has 2 aromatic carbocycles. The van der Waals surface area contributed by atoms with Gasteiger partial charge in [-0.05, 0) is 54.0 Å². The van der Waals surface area contributed by atoms with E-state index in [4.69, 9.17) is 0 Å². The summed E-state index contributed by atoms with van der Waals surface area (Å²) >= 11 is 5.17.